The number of nitro benzene ring substituents is 1. The number of ether oxygens (including phenoxy) is 1. The molecule has 1 atom stereocenters. The van der Waals surface area contributed by atoms with Gasteiger partial charge in [0.15, 0.2) is 0 Å². The molecule has 0 spiro atoms. The molecule has 0 aliphatic heterocycles. The van der Waals surface area contributed by atoms with Crippen molar-refractivity contribution in [2.75, 3.05) is 13.7 Å². The highest BCUT2D eigenvalue weighted by atomic mass is 16.6. The lowest BCUT2D eigenvalue weighted by Crippen LogP contribution is -2.36. The van der Waals surface area contributed by atoms with E-state index in [4.69, 9.17) is 9.84 Å². The molecular formula is C14H20N2O5. The number of carboxylic acid groups (broad SMARTS) is 1. The van der Waals surface area contributed by atoms with Gasteiger partial charge in [-0.1, -0.05) is 6.92 Å². The normalized spacial score (nSPS) is 12.2. The van der Waals surface area contributed by atoms with Crippen LogP contribution in [0.4, 0.5) is 5.69 Å². The Hall–Kier alpha value is -2.15. The summed E-state index contributed by atoms with van der Waals surface area (Å²) in [7, 11) is 1.48. The fraction of sp³-hybridized carbons (Fsp3) is 0.500. The van der Waals surface area contributed by atoms with Crippen molar-refractivity contribution in [3.63, 3.8) is 0 Å². The number of nitro groups is 1. The van der Waals surface area contributed by atoms with Crippen molar-refractivity contribution >= 4 is 11.7 Å². The molecule has 1 rings (SSSR count). The van der Waals surface area contributed by atoms with Crippen LogP contribution < -0.4 is 4.74 Å². The van der Waals surface area contributed by atoms with Gasteiger partial charge in [0.05, 0.1) is 18.6 Å². The number of hydrogen-bond donors (Lipinski definition) is 1. The van der Waals surface area contributed by atoms with E-state index in [-0.39, 0.29) is 24.8 Å². The maximum absolute atomic E-state index is 11.0. The summed E-state index contributed by atoms with van der Waals surface area (Å²) in [6, 6.07) is 4.37. The molecule has 0 heterocycles. The van der Waals surface area contributed by atoms with Crippen molar-refractivity contribution in [2.45, 2.75) is 32.9 Å². The Morgan fingerprint density at radius 3 is 2.67 bits per heavy atom. The minimum Gasteiger partial charge on any atom is -0.496 e. The lowest BCUT2D eigenvalue weighted by molar-refractivity contribution is -0.385. The molecular weight excluding hydrogens is 276 g/mol. The number of aliphatic carboxylic acids is 1. The maximum atomic E-state index is 11.0. The number of methoxy groups -OCH3 is 1. The van der Waals surface area contributed by atoms with E-state index in [0.29, 0.717) is 11.3 Å². The molecule has 0 aromatic heterocycles. The highest BCUT2D eigenvalue weighted by molar-refractivity contribution is 5.69. The zero-order chi connectivity index (χ0) is 16.0. The summed E-state index contributed by atoms with van der Waals surface area (Å²) in [5, 5.41) is 19.9. The monoisotopic (exact) mass is 296 g/mol. The lowest BCUT2D eigenvalue weighted by Gasteiger charge is -2.27. The number of nitrogens with zero attached hydrogens (tertiary/aromatic N) is 2. The van der Waals surface area contributed by atoms with Gasteiger partial charge in [-0.05, 0) is 19.4 Å². The summed E-state index contributed by atoms with van der Waals surface area (Å²) in [6.07, 6.45) is 0.782. The van der Waals surface area contributed by atoms with E-state index in [1.807, 2.05) is 13.8 Å². The Morgan fingerprint density at radius 2 is 2.19 bits per heavy atom. The summed E-state index contributed by atoms with van der Waals surface area (Å²) < 4.78 is 5.20. The van der Waals surface area contributed by atoms with Gasteiger partial charge in [0, 0.05) is 30.3 Å². The van der Waals surface area contributed by atoms with Gasteiger partial charge in [0.25, 0.3) is 5.69 Å². The number of carboxylic acids is 1. The first-order chi connectivity index (χ1) is 9.88. The van der Waals surface area contributed by atoms with Crippen molar-refractivity contribution in [3.8, 4) is 5.75 Å². The smallest absolute Gasteiger partial charge is 0.317 e. The van der Waals surface area contributed by atoms with E-state index >= 15 is 0 Å². The van der Waals surface area contributed by atoms with Crippen molar-refractivity contribution in [1.29, 1.82) is 0 Å². The fourth-order valence-electron chi connectivity index (χ4n) is 2.02. The van der Waals surface area contributed by atoms with Crippen LogP contribution in [0.25, 0.3) is 0 Å². The third-order valence-electron chi connectivity index (χ3n) is 3.40. The van der Waals surface area contributed by atoms with Gasteiger partial charge in [-0.2, -0.15) is 0 Å². The molecule has 21 heavy (non-hydrogen) atoms. The topological polar surface area (TPSA) is 92.9 Å². The maximum Gasteiger partial charge on any atom is 0.317 e. The van der Waals surface area contributed by atoms with Gasteiger partial charge in [0.2, 0.25) is 0 Å². The summed E-state index contributed by atoms with van der Waals surface area (Å²) in [5.74, 6) is -0.418. The quantitative estimate of drug-likeness (QED) is 0.584. The molecule has 116 valence electrons. The summed E-state index contributed by atoms with van der Waals surface area (Å²) >= 11 is 0. The van der Waals surface area contributed by atoms with Gasteiger partial charge in [-0.25, -0.2) is 0 Å². The highest BCUT2D eigenvalue weighted by Crippen LogP contribution is 2.26. The minimum atomic E-state index is -0.931. The molecule has 1 aromatic rings. The second kappa shape index (κ2) is 7.58. The van der Waals surface area contributed by atoms with Crippen LogP contribution in [0.5, 0.6) is 5.75 Å². The van der Waals surface area contributed by atoms with Crippen LogP contribution in [0.3, 0.4) is 0 Å². The first kappa shape index (κ1) is 16.9. The molecule has 0 saturated carbocycles. The number of carbonyl (C=O) groups is 1. The highest BCUT2D eigenvalue weighted by Gasteiger charge is 2.19. The van der Waals surface area contributed by atoms with Crippen molar-refractivity contribution in [3.05, 3.63) is 33.9 Å². The molecule has 7 nitrogen and oxygen atoms in total. The molecule has 0 saturated heterocycles. The molecule has 0 bridgehead atoms. The molecule has 1 unspecified atom stereocenters. The largest absolute Gasteiger partial charge is 0.496 e. The zero-order valence-corrected chi connectivity index (χ0v) is 12.4. The van der Waals surface area contributed by atoms with E-state index in [1.165, 1.54) is 25.3 Å². The van der Waals surface area contributed by atoms with Gasteiger partial charge in [-0.15, -0.1) is 0 Å². The first-order valence-electron chi connectivity index (χ1n) is 6.66. The minimum absolute atomic E-state index is 0.0368. The molecule has 0 fully saturated rings. The van der Waals surface area contributed by atoms with Crippen LogP contribution >= 0.6 is 0 Å². The van der Waals surface area contributed by atoms with Crippen LogP contribution in [-0.4, -0.2) is 40.6 Å². The van der Waals surface area contributed by atoms with E-state index in [0.717, 1.165) is 6.42 Å². The lowest BCUT2D eigenvalue weighted by atomic mass is 10.1. The Kier molecular flexibility index (Phi) is 6.10. The van der Waals surface area contributed by atoms with E-state index in [9.17, 15) is 14.9 Å². The average molecular weight is 296 g/mol. The van der Waals surface area contributed by atoms with E-state index < -0.39 is 10.9 Å². The van der Waals surface area contributed by atoms with Gasteiger partial charge < -0.3 is 9.84 Å². The average Bonchev–Trinajstić information content (AvgIpc) is 2.45. The molecule has 0 aliphatic rings. The van der Waals surface area contributed by atoms with Crippen LogP contribution in [-0.2, 0) is 11.3 Å². The first-order valence-corrected chi connectivity index (χ1v) is 6.66. The van der Waals surface area contributed by atoms with E-state index in [1.54, 1.807) is 4.90 Å². The number of rotatable bonds is 8. The zero-order valence-electron chi connectivity index (χ0n) is 12.4. The Bertz CT molecular complexity index is 518. The fourth-order valence-corrected chi connectivity index (χ4v) is 2.02. The SMILES string of the molecule is CCC(C)N(CC(=O)O)Cc1cc([N+](=O)[O-])ccc1OC. The Balaban J connectivity index is 3.08. The van der Waals surface area contributed by atoms with Gasteiger partial charge >= 0.3 is 5.97 Å². The standard InChI is InChI=1S/C14H20N2O5/c1-4-10(2)15(9-14(17)18)8-11-7-12(16(19)20)5-6-13(11)21-3/h5-7,10H,4,8-9H2,1-3H3,(H,17,18). The number of non-ortho nitro benzene ring substituents is 1. The van der Waals surface area contributed by atoms with Crippen LogP contribution in [0.15, 0.2) is 18.2 Å². The predicted molar refractivity (Wildman–Crippen MR) is 77.4 cm³/mol. The van der Waals surface area contributed by atoms with Crippen LogP contribution in [0.1, 0.15) is 25.8 Å². The Morgan fingerprint density at radius 1 is 1.52 bits per heavy atom. The summed E-state index contributed by atoms with van der Waals surface area (Å²) in [4.78, 5) is 23.1. The third kappa shape index (κ3) is 4.71. The number of benzene rings is 1. The predicted octanol–water partition coefficient (Wildman–Crippen LogP) is 2.29. The molecule has 0 amide bonds. The molecule has 7 heteroatoms. The van der Waals surface area contributed by atoms with Crippen molar-refractivity contribution in [1.82, 2.24) is 4.90 Å². The van der Waals surface area contributed by atoms with Crippen molar-refractivity contribution < 1.29 is 19.6 Å². The van der Waals surface area contributed by atoms with Crippen LogP contribution in [0.2, 0.25) is 0 Å². The van der Waals surface area contributed by atoms with Gasteiger partial charge in [0.1, 0.15) is 5.75 Å². The third-order valence-corrected chi connectivity index (χ3v) is 3.40. The Labute approximate surface area is 123 Å². The van der Waals surface area contributed by atoms with Gasteiger partial charge in [-0.3, -0.25) is 19.8 Å². The summed E-state index contributed by atoms with van der Waals surface area (Å²) in [6.45, 7) is 4.05. The second-order valence-electron chi connectivity index (χ2n) is 4.81. The second-order valence-corrected chi connectivity index (χ2v) is 4.81. The molecule has 1 N–H and O–H groups in total. The molecule has 0 aliphatic carbocycles. The molecule has 0 radical (unpaired) electrons. The number of hydrogen-bond acceptors (Lipinski definition) is 5. The van der Waals surface area contributed by atoms with Crippen molar-refractivity contribution in [2.24, 2.45) is 0 Å². The summed E-state index contributed by atoms with van der Waals surface area (Å²) in [5.41, 5.74) is 0.568. The van der Waals surface area contributed by atoms with E-state index in [2.05, 4.69) is 0 Å². The molecule has 1 aromatic carbocycles. The van der Waals surface area contributed by atoms with Crippen LogP contribution in [0, 0.1) is 10.1 Å².